The molecule has 0 aromatic heterocycles. The summed E-state index contributed by atoms with van der Waals surface area (Å²) in [6.45, 7) is 1.81. The van der Waals surface area contributed by atoms with Gasteiger partial charge in [-0.15, -0.1) is 0 Å². The third kappa shape index (κ3) is 4.90. The molecule has 0 radical (unpaired) electrons. The first kappa shape index (κ1) is 19.0. The summed E-state index contributed by atoms with van der Waals surface area (Å²) in [5.41, 5.74) is 2.13. The molecule has 0 spiro atoms. The van der Waals surface area contributed by atoms with Crippen molar-refractivity contribution in [2.45, 2.75) is 37.6 Å². The van der Waals surface area contributed by atoms with Crippen molar-refractivity contribution in [1.82, 2.24) is 4.90 Å². The normalized spacial score (nSPS) is 26.7. The summed E-state index contributed by atoms with van der Waals surface area (Å²) in [5.74, 6) is 0. The molecule has 0 unspecified atom stereocenters. The van der Waals surface area contributed by atoms with Gasteiger partial charge in [0.2, 0.25) is 0 Å². The van der Waals surface area contributed by atoms with Crippen molar-refractivity contribution >= 4 is 0 Å². The summed E-state index contributed by atoms with van der Waals surface area (Å²) in [6, 6.07) is 19.5. The second-order valence-corrected chi connectivity index (χ2v) is 6.82. The maximum atomic E-state index is 10.5. The Bertz CT molecular complexity index is 652. The van der Waals surface area contributed by atoms with Crippen LogP contribution < -0.4 is 0 Å². The van der Waals surface area contributed by atoms with Crippen LogP contribution in [0.4, 0.5) is 0 Å². The van der Waals surface area contributed by atoms with E-state index in [2.05, 4.69) is 0 Å². The minimum Gasteiger partial charge on any atom is -0.389 e. The zero-order valence-corrected chi connectivity index (χ0v) is 15.1. The van der Waals surface area contributed by atoms with Crippen molar-refractivity contribution < 1.29 is 19.7 Å². The van der Waals surface area contributed by atoms with E-state index < -0.39 is 18.3 Å². The summed E-state index contributed by atoms with van der Waals surface area (Å²) in [5, 5.41) is 21.0. The van der Waals surface area contributed by atoms with Crippen LogP contribution >= 0.6 is 0 Å². The lowest BCUT2D eigenvalue weighted by Crippen LogP contribution is -2.62. The molecule has 0 saturated carbocycles. The molecular weight excluding hydrogens is 330 g/mol. The van der Waals surface area contributed by atoms with Crippen LogP contribution in [0, 0.1) is 0 Å². The molecule has 5 nitrogen and oxygen atoms in total. The molecular formula is C21H27NO4. The molecule has 0 amide bonds. The lowest BCUT2D eigenvalue weighted by molar-refractivity contribution is -0.165. The van der Waals surface area contributed by atoms with Gasteiger partial charge in [0.25, 0.3) is 0 Å². The Balaban J connectivity index is 1.50. The SMILES string of the molecule is CN1C[C@H](OCc2ccccc2)[C@@H](O)[C@@H](O)[C@@H]1COCc1ccccc1. The summed E-state index contributed by atoms with van der Waals surface area (Å²) < 4.78 is 11.6. The van der Waals surface area contributed by atoms with Gasteiger partial charge in [-0.1, -0.05) is 60.7 Å². The average molecular weight is 357 g/mol. The summed E-state index contributed by atoms with van der Waals surface area (Å²) in [4.78, 5) is 2.00. The number of aliphatic hydroxyl groups excluding tert-OH is 2. The number of hydrogen-bond acceptors (Lipinski definition) is 5. The highest BCUT2D eigenvalue weighted by Crippen LogP contribution is 2.21. The molecule has 0 aliphatic carbocycles. The third-order valence-corrected chi connectivity index (χ3v) is 4.87. The molecule has 4 atom stereocenters. The van der Waals surface area contributed by atoms with E-state index in [1.807, 2.05) is 72.6 Å². The first-order chi connectivity index (χ1) is 12.6. The van der Waals surface area contributed by atoms with E-state index in [1.165, 1.54) is 0 Å². The van der Waals surface area contributed by atoms with Gasteiger partial charge >= 0.3 is 0 Å². The topological polar surface area (TPSA) is 62.2 Å². The molecule has 140 valence electrons. The number of ether oxygens (including phenoxy) is 2. The van der Waals surface area contributed by atoms with Crippen molar-refractivity contribution in [3.8, 4) is 0 Å². The molecule has 1 saturated heterocycles. The third-order valence-electron chi connectivity index (χ3n) is 4.87. The predicted molar refractivity (Wildman–Crippen MR) is 99.5 cm³/mol. The number of hydrogen-bond donors (Lipinski definition) is 2. The first-order valence-electron chi connectivity index (χ1n) is 8.98. The van der Waals surface area contributed by atoms with Crippen molar-refractivity contribution in [3.05, 3.63) is 71.8 Å². The van der Waals surface area contributed by atoms with Crippen molar-refractivity contribution in [2.24, 2.45) is 0 Å². The molecule has 2 aromatic rings. The highest BCUT2D eigenvalue weighted by Gasteiger charge is 2.41. The molecule has 1 heterocycles. The van der Waals surface area contributed by atoms with Crippen LogP contribution in [-0.2, 0) is 22.7 Å². The molecule has 1 aliphatic heterocycles. The Morgan fingerprint density at radius 2 is 1.46 bits per heavy atom. The maximum absolute atomic E-state index is 10.5. The zero-order valence-electron chi connectivity index (χ0n) is 15.1. The van der Waals surface area contributed by atoms with E-state index in [9.17, 15) is 10.2 Å². The van der Waals surface area contributed by atoms with Crippen molar-refractivity contribution in [1.29, 1.82) is 0 Å². The second kappa shape index (κ2) is 9.26. The maximum Gasteiger partial charge on any atom is 0.109 e. The van der Waals surface area contributed by atoms with Crippen LogP contribution in [0.3, 0.4) is 0 Å². The smallest absolute Gasteiger partial charge is 0.109 e. The highest BCUT2D eigenvalue weighted by molar-refractivity contribution is 5.14. The number of piperidine rings is 1. The van der Waals surface area contributed by atoms with Crippen LogP contribution in [0.1, 0.15) is 11.1 Å². The monoisotopic (exact) mass is 357 g/mol. The Hall–Kier alpha value is -1.76. The van der Waals surface area contributed by atoms with Gasteiger partial charge in [-0.2, -0.15) is 0 Å². The fourth-order valence-electron chi connectivity index (χ4n) is 3.26. The number of aliphatic hydroxyl groups is 2. The zero-order chi connectivity index (χ0) is 18.4. The van der Waals surface area contributed by atoms with Crippen molar-refractivity contribution in [3.63, 3.8) is 0 Å². The van der Waals surface area contributed by atoms with E-state index in [-0.39, 0.29) is 6.04 Å². The standard InChI is InChI=1S/C21H27NO4/c1-22-12-19(26-14-17-10-6-3-7-11-17)21(24)20(23)18(22)15-25-13-16-8-4-2-5-9-16/h2-11,18-21,23-24H,12-15H2,1H3/t18-,19-,20-,21+/m0/s1. The summed E-state index contributed by atoms with van der Waals surface area (Å²) >= 11 is 0. The van der Waals surface area contributed by atoms with Gasteiger partial charge in [0.05, 0.1) is 32.0 Å². The van der Waals surface area contributed by atoms with Crippen LogP contribution in [0.25, 0.3) is 0 Å². The molecule has 2 N–H and O–H groups in total. The second-order valence-electron chi connectivity index (χ2n) is 6.82. The Morgan fingerprint density at radius 1 is 0.885 bits per heavy atom. The Morgan fingerprint density at radius 3 is 2.08 bits per heavy atom. The van der Waals surface area contributed by atoms with Crippen molar-refractivity contribution in [2.75, 3.05) is 20.2 Å². The van der Waals surface area contributed by atoms with E-state index in [0.717, 1.165) is 11.1 Å². The minimum atomic E-state index is -0.930. The van der Waals surface area contributed by atoms with Gasteiger partial charge in [0.1, 0.15) is 12.2 Å². The number of nitrogens with zero attached hydrogens (tertiary/aromatic N) is 1. The van der Waals surface area contributed by atoms with E-state index in [0.29, 0.717) is 26.4 Å². The fourth-order valence-corrected chi connectivity index (χ4v) is 3.26. The lowest BCUT2D eigenvalue weighted by Gasteiger charge is -2.43. The highest BCUT2D eigenvalue weighted by atomic mass is 16.5. The number of rotatable bonds is 7. The average Bonchev–Trinajstić information content (AvgIpc) is 2.68. The van der Waals surface area contributed by atoms with Gasteiger partial charge in [0, 0.05) is 6.54 Å². The number of benzene rings is 2. The van der Waals surface area contributed by atoms with Crippen LogP contribution in [0.5, 0.6) is 0 Å². The molecule has 2 aromatic carbocycles. The van der Waals surface area contributed by atoms with Gasteiger partial charge < -0.3 is 19.7 Å². The van der Waals surface area contributed by atoms with Gasteiger partial charge in [-0.3, -0.25) is 4.90 Å². The molecule has 26 heavy (non-hydrogen) atoms. The summed E-state index contributed by atoms with van der Waals surface area (Å²) in [7, 11) is 1.92. The molecule has 5 heteroatoms. The van der Waals surface area contributed by atoms with Gasteiger partial charge in [-0.05, 0) is 18.2 Å². The number of likely N-dealkylation sites (tertiary alicyclic amines) is 1. The number of likely N-dealkylation sites (N-methyl/N-ethyl adjacent to an activating group) is 1. The molecule has 1 aliphatic rings. The van der Waals surface area contributed by atoms with Crippen LogP contribution in [-0.4, -0.2) is 59.7 Å². The minimum absolute atomic E-state index is 0.259. The lowest BCUT2D eigenvalue weighted by atomic mass is 9.94. The Labute approximate surface area is 154 Å². The molecule has 1 fully saturated rings. The van der Waals surface area contributed by atoms with Gasteiger partial charge in [-0.25, -0.2) is 0 Å². The Kier molecular flexibility index (Phi) is 6.77. The van der Waals surface area contributed by atoms with E-state index >= 15 is 0 Å². The predicted octanol–water partition coefficient (Wildman–Crippen LogP) is 1.82. The first-order valence-corrected chi connectivity index (χ1v) is 8.98. The summed E-state index contributed by atoms with van der Waals surface area (Å²) in [6.07, 6.45) is -2.27. The largest absolute Gasteiger partial charge is 0.389 e. The van der Waals surface area contributed by atoms with Crippen LogP contribution in [0.15, 0.2) is 60.7 Å². The van der Waals surface area contributed by atoms with E-state index in [1.54, 1.807) is 0 Å². The van der Waals surface area contributed by atoms with Gasteiger partial charge in [0.15, 0.2) is 0 Å². The fraction of sp³-hybridized carbons (Fsp3) is 0.429. The molecule has 3 rings (SSSR count). The van der Waals surface area contributed by atoms with Crippen LogP contribution in [0.2, 0.25) is 0 Å². The van der Waals surface area contributed by atoms with E-state index in [4.69, 9.17) is 9.47 Å². The molecule has 0 bridgehead atoms. The quantitative estimate of drug-likeness (QED) is 0.792.